The van der Waals surface area contributed by atoms with Gasteiger partial charge in [-0.3, -0.25) is 0 Å². The molecule has 2 aromatic rings. The number of primary sulfonamides is 1. The number of sulfonamides is 1. The van der Waals surface area contributed by atoms with Crippen LogP contribution in [0.3, 0.4) is 0 Å². The molecule has 0 radical (unpaired) electrons. The molecule has 13 heteroatoms. The molecule has 8 nitrogen and oxygen atoms in total. The van der Waals surface area contributed by atoms with E-state index in [1.165, 1.54) is 11.4 Å². The topological polar surface area (TPSA) is 114 Å². The Kier molecular flexibility index (Phi) is 5.81. The number of benzene rings is 2. The van der Waals surface area contributed by atoms with Crippen LogP contribution in [0.15, 0.2) is 35.2 Å². The van der Waals surface area contributed by atoms with Crippen molar-refractivity contribution in [2.45, 2.75) is 11.1 Å². The molecule has 0 bridgehead atoms. The van der Waals surface area contributed by atoms with Crippen molar-refractivity contribution < 1.29 is 25.7 Å². The van der Waals surface area contributed by atoms with E-state index in [0.29, 0.717) is 5.69 Å². The Morgan fingerprint density at radius 1 is 1.33 bits per heavy atom. The third kappa shape index (κ3) is 4.13. The van der Waals surface area contributed by atoms with Crippen LogP contribution in [0, 0.1) is 15.2 Å². The van der Waals surface area contributed by atoms with Gasteiger partial charge in [-0.1, -0.05) is 0 Å². The third-order valence-electron chi connectivity index (χ3n) is 3.73. The second-order valence-corrected chi connectivity index (χ2v) is 9.43. The Hall–Kier alpha value is -1.23. The fourth-order valence-corrected chi connectivity index (χ4v) is 4.13. The van der Waals surface area contributed by atoms with E-state index in [-0.39, 0.29) is 11.3 Å². The van der Waals surface area contributed by atoms with Crippen LogP contribution in [-0.4, -0.2) is 24.0 Å². The summed E-state index contributed by atoms with van der Waals surface area (Å²) in [6.07, 6.45) is -1.00. The molecule has 0 aliphatic carbocycles. The zero-order valence-electron chi connectivity index (χ0n) is 13.6. The first kappa shape index (κ1) is 20.5. The van der Waals surface area contributed by atoms with Gasteiger partial charge in [0, 0.05) is 21.9 Å². The van der Waals surface area contributed by atoms with Gasteiger partial charge in [-0.25, -0.2) is 26.5 Å². The molecule has 1 heterocycles. The van der Waals surface area contributed by atoms with Gasteiger partial charge in [0.25, 0.3) is 11.3 Å². The summed E-state index contributed by atoms with van der Waals surface area (Å²) in [5.41, 5.74) is 2.42. The predicted octanol–water partition coefficient (Wildman–Crippen LogP) is 2.00. The van der Waals surface area contributed by atoms with Crippen molar-refractivity contribution in [2.75, 3.05) is 12.4 Å². The van der Waals surface area contributed by atoms with Gasteiger partial charge in [0.1, 0.15) is 12.0 Å². The summed E-state index contributed by atoms with van der Waals surface area (Å²) in [5.74, 6) is -2.76. The van der Waals surface area contributed by atoms with Gasteiger partial charge in [0.2, 0.25) is 10.0 Å². The SMILES string of the molecule is CN1C(c2cc(F)c(S(N)(=O)=O)c(F)c2Nc2ccc(I)cc2)NOS1=O. The van der Waals surface area contributed by atoms with Crippen molar-refractivity contribution in [2.24, 2.45) is 5.14 Å². The average Bonchev–Trinajstić information content (AvgIpc) is 2.90. The van der Waals surface area contributed by atoms with E-state index in [2.05, 4.69) is 33.4 Å². The molecule has 2 aromatic carbocycles. The van der Waals surface area contributed by atoms with E-state index >= 15 is 4.39 Å². The first-order valence-corrected chi connectivity index (χ1v) is 10.9. The van der Waals surface area contributed by atoms with Gasteiger partial charge in [-0.2, -0.15) is 14.1 Å². The highest BCUT2D eigenvalue weighted by Gasteiger charge is 2.36. The Bertz CT molecular complexity index is 1020. The Balaban J connectivity index is 2.20. The highest BCUT2D eigenvalue weighted by molar-refractivity contribution is 14.1. The Labute approximate surface area is 170 Å². The fourth-order valence-electron chi connectivity index (χ4n) is 2.47. The summed E-state index contributed by atoms with van der Waals surface area (Å²) in [5, 5.41) is 7.69. The summed E-state index contributed by atoms with van der Waals surface area (Å²) in [6, 6.07) is 7.54. The van der Waals surface area contributed by atoms with Crippen LogP contribution in [0.25, 0.3) is 0 Å². The van der Waals surface area contributed by atoms with Crippen LogP contribution in [0.4, 0.5) is 20.2 Å². The molecule has 0 spiro atoms. The standard InChI is InChI=1S/C14H13F2IN4O4S2/c1-21-14(20-25-26(21)22)9-6-10(15)13(27(18,23)24)11(16)12(9)19-8-4-2-7(17)3-5-8/h2-6,14,19-20H,1H3,(H2,18,23,24). The minimum atomic E-state index is -4.67. The van der Waals surface area contributed by atoms with Crippen LogP contribution >= 0.6 is 22.6 Å². The molecule has 0 amide bonds. The molecule has 1 fully saturated rings. The highest BCUT2D eigenvalue weighted by Crippen LogP contribution is 2.37. The lowest BCUT2D eigenvalue weighted by Gasteiger charge is -2.21. The number of anilines is 2. The van der Waals surface area contributed by atoms with Crippen LogP contribution in [0.5, 0.6) is 0 Å². The van der Waals surface area contributed by atoms with Crippen molar-refractivity contribution in [3.05, 3.63) is 51.1 Å². The fraction of sp³-hybridized carbons (Fsp3) is 0.143. The van der Waals surface area contributed by atoms with Crippen molar-refractivity contribution >= 4 is 55.3 Å². The maximum atomic E-state index is 15.0. The number of nitrogens with two attached hydrogens (primary N) is 1. The monoisotopic (exact) mass is 530 g/mol. The lowest BCUT2D eigenvalue weighted by atomic mass is 10.1. The average molecular weight is 530 g/mol. The van der Waals surface area contributed by atoms with Gasteiger partial charge >= 0.3 is 0 Å². The Morgan fingerprint density at radius 2 is 1.96 bits per heavy atom. The summed E-state index contributed by atoms with van der Waals surface area (Å²) < 4.78 is 71.2. The van der Waals surface area contributed by atoms with E-state index < -0.39 is 44.0 Å². The third-order valence-corrected chi connectivity index (χ3v) is 6.31. The van der Waals surface area contributed by atoms with Crippen molar-refractivity contribution in [1.29, 1.82) is 0 Å². The zero-order chi connectivity index (χ0) is 19.9. The molecule has 0 aromatic heterocycles. The molecule has 27 heavy (non-hydrogen) atoms. The number of hydrogen-bond donors (Lipinski definition) is 3. The number of nitrogens with zero attached hydrogens (tertiary/aromatic N) is 1. The van der Waals surface area contributed by atoms with E-state index in [1.54, 1.807) is 24.3 Å². The lowest BCUT2D eigenvalue weighted by molar-refractivity contribution is 0.192. The molecule has 3 rings (SSSR count). The molecule has 1 aliphatic heterocycles. The maximum absolute atomic E-state index is 15.0. The summed E-state index contributed by atoms with van der Waals surface area (Å²) in [6.45, 7) is 0. The first-order valence-electron chi connectivity index (χ1n) is 7.24. The van der Waals surface area contributed by atoms with Gasteiger partial charge in [0.05, 0.1) is 5.69 Å². The first-order chi connectivity index (χ1) is 12.6. The second kappa shape index (κ2) is 7.65. The number of halogens is 3. The molecule has 2 atom stereocenters. The number of hydrogen-bond acceptors (Lipinski definition) is 6. The van der Waals surface area contributed by atoms with Gasteiger partial charge in [-0.05, 0) is 52.9 Å². The largest absolute Gasteiger partial charge is 0.353 e. The second-order valence-electron chi connectivity index (χ2n) is 5.51. The zero-order valence-corrected chi connectivity index (χ0v) is 17.4. The molecule has 2 unspecified atom stereocenters. The van der Waals surface area contributed by atoms with Gasteiger partial charge in [-0.15, -0.1) is 0 Å². The molecule has 1 saturated heterocycles. The van der Waals surface area contributed by atoms with Crippen LogP contribution in [0.2, 0.25) is 0 Å². The van der Waals surface area contributed by atoms with E-state index in [4.69, 9.17) is 9.42 Å². The summed E-state index contributed by atoms with van der Waals surface area (Å²) in [4.78, 5) is -1.26. The van der Waals surface area contributed by atoms with Crippen molar-refractivity contribution in [3.8, 4) is 0 Å². The predicted molar refractivity (Wildman–Crippen MR) is 103 cm³/mol. The van der Waals surface area contributed by atoms with Crippen LogP contribution in [-0.2, 0) is 25.6 Å². The number of nitrogens with one attached hydrogen (secondary N) is 2. The molecule has 0 saturated carbocycles. The molecule has 1 aliphatic rings. The van der Waals surface area contributed by atoms with Crippen LogP contribution < -0.4 is 15.9 Å². The smallest absolute Gasteiger partial charge is 0.256 e. The lowest BCUT2D eigenvalue weighted by Crippen LogP contribution is -2.26. The number of rotatable bonds is 4. The minimum Gasteiger partial charge on any atom is -0.353 e. The highest BCUT2D eigenvalue weighted by atomic mass is 127. The maximum Gasteiger partial charge on any atom is 0.256 e. The van der Waals surface area contributed by atoms with Crippen molar-refractivity contribution in [1.82, 2.24) is 9.79 Å². The summed E-state index contributed by atoms with van der Waals surface area (Å²) in [7, 11) is -3.27. The number of hydroxylamine groups is 1. The van der Waals surface area contributed by atoms with Gasteiger partial charge < -0.3 is 5.32 Å². The molecular formula is C14H13F2IN4O4S2. The van der Waals surface area contributed by atoms with Crippen LogP contribution in [0.1, 0.15) is 11.7 Å². The molecular weight excluding hydrogens is 517 g/mol. The van der Waals surface area contributed by atoms with E-state index in [1.807, 2.05) is 0 Å². The summed E-state index contributed by atoms with van der Waals surface area (Å²) >= 11 is 0.196. The minimum absolute atomic E-state index is 0.0516. The molecule has 146 valence electrons. The Morgan fingerprint density at radius 3 is 2.48 bits per heavy atom. The molecule has 4 N–H and O–H groups in total. The quantitative estimate of drug-likeness (QED) is 0.522. The van der Waals surface area contributed by atoms with Gasteiger partial charge in [0.15, 0.2) is 10.7 Å². The van der Waals surface area contributed by atoms with E-state index in [9.17, 15) is 17.0 Å². The normalized spacial score (nSPS) is 20.8. The van der Waals surface area contributed by atoms with E-state index in [0.717, 1.165) is 9.64 Å². The van der Waals surface area contributed by atoms with Crippen molar-refractivity contribution in [3.63, 3.8) is 0 Å².